The van der Waals surface area contributed by atoms with Crippen molar-refractivity contribution in [3.05, 3.63) is 30.3 Å². The molecule has 0 fully saturated rings. The first kappa shape index (κ1) is 14.3. The Labute approximate surface area is 109 Å². The van der Waals surface area contributed by atoms with Gasteiger partial charge in [-0.05, 0) is 18.6 Å². The summed E-state index contributed by atoms with van der Waals surface area (Å²) >= 11 is 0. The van der Waals surface area contributed by atoms with Crippen LogP contribution in [0.2, 0.25) is 0 Å². The van der Waals surface area contributed by atoms with Gasteiger partial charge in [0.2, 0.25) is 5.91 Å². The molecular formula is C15H20N2O. The SMILES string of the molecule is C#CCNCC(=O)N(CCCC)c1ccccc1. The van der Waals surface area contributed by atoms with E-state index in [4.69, 9.17) is 6.42 Å². The zero-order valence-electron chi connectivity index (χ0n) is 10.9. The number of carbonyl (C=O) groups is 1. The number of nitrogens with one attached hydrogen (secondary N) is 1. The Bertz CT molecular complexity index is 395. The third kappa shape index (κ3) is 4.60. The molecule has 3 nitrogen and oxygen atoms in total. The van der Waals surface area contributed by atoms with Crippen LogP contribution in [-0.2, 0) is 4.79 Å². The first-order valence-electron chi connectivity index (χ1n) is 6.29. The fourth-order valence-electron chi connectivity index (χ4n) is 1.66. The lowest BCUT2D eigenvalue weighted by molar-refractivity contribution is -0.117. The van der Waals surface area contributed by atoms with Crippen molar-refractivity contribution < 1.29 is 4.79 Å². The number of benzene rings is 1. The quantitative estimate of drug-likeness (QED) is 0.588. The molecule has 0 radical (unpaired) electrons. The number of nitrogens with zero attached hydrogens (tertiary/aromatic N) is 1. The molecule has 0 heterocycles. The number of hydrogen-bond acceptors (Lipinski definition) is 2. The number of terminal acetylenes is 1. The van der Waals surface area contributed by atoms with Gasteiger partial charge in [-0.15, -0.1) is 6.42 Å². The summed E-state index contributed by atoms with van der Waals surface area (Å²) in [5.41, 5.74) is 0.943. The fraction of sp³-hybridized carbons (Fsp3) is 0.400. The number of para-hydroxylation sites is 1. The number of carbonyl (C=O) groups excluding carboxylic acids is 1. The van der Waals surface area contributed by atoms with E-state index >= 15 is 0 Å². The Hall–Kier alpha value is -1.79. The van der Waals surface area contributed by atoms with Crippen LogP contribution in [0.5, 0.6) is 0 Å². The minimum absolute atomic E-state index is 0.0601. The second-order valence-corrected chi connectivity index (χ2v) is 4.04. The van der Waals surface area contributed by atoms with Crippen LogP contribution in [0.15, 0.2) is 30.3 Å². The van der Waals surface area contributed by atoms with Gasteiger partial charge in [0, 0.05) is 12.2 Å². The molecule has 1 aromatic rings. The van der Waals surface area contributed by atoms with Crippen molar-refractivity contribution in [1.29, 1.82) is 0 Å². The van der Waals surface area contributed by atoms with E-state index in [0.717, 1.165) is 25.1 Å². The molecule has 0 bridgehead atoms. The molecule has 0 unspecified atom stereocenters. The highest BCUT2D eigenvalue weighted by Gasteiger charge is 2.13. The van der Waals surface area contributed by atoms with Gasteiger partial charge in [-0.25, -0.2) is 0 Å². The number of rotatable bonds is 7. The molecule has 3 heteroatoms. The van der Waals surface area contributed by atoms with Crippen molar-refractivity contribution in [2.45, 2.75) is 19.8 Å². The predicted molar refractivity (Wildman–Crippen MR) is 75.4 cm³/mol. The first-order chi connectivity index (χ1) is 8.79. The molecule has 1 N–H and O–H groups in total. The Kier molecular flexibility index (Phi) is 6.60. The van der Waals surface area contributed by atoms with E-state index in [1.165, 1.54) is 0 Å². The summed E-state index contributed by atoms with van der Waals surface area (Å²) in [6.07, 6.45) is 7.20. The monoisotopic (exact) mass is 244 g/mol. The van der Waals surface area contributed by atoms with Crippen LogP contribution in [0.25, 0.3) is 0 Å². The highest BCUT2D eigenvalue weighted by Crippen LogP contribution is 2.14. The van der Waals surface area contributed by atoms with Crippen LogP contribution in [0.1, 0.15) is 19.8 Å². The highest BCUT2D eigenvalue weighted by atomic mass is 16.2. The number of unbranched alkanes of at least 4 members (excludes halogenated alkanes) is 1. The molecule has 0 aliphatic heterocycles. The lowest BCUT2D eigenvalue weighted by Gasteiger charge is -2.22. The Morgan fingerprint density at radius 1 is 1.39 bits per heavy atom. The van der Waals surface area contributed by atoms with E-state index < -0.39 is 0 Å². The standard InChI is InChI=1S/C15H20N2O/c1-3-5-12-17(14-9-7-6-8-10-14)15(18)13-16-11-4-2/h2,6-10,16H,3,5,11-13H2,1H3. The predicted octanol–water partition coefficient (Wildman–Crippen LogP) is 2.04. The summed E-state index contributed by atoms with van der Waals surface area (Å²) < 4.78 is 0. The summed E-state index contributed by atoms with van der Waals surface area (Å²) in [6, 6.07) is 9.74. The molecule has 0 aromatic heterocycles. The zero-order chi connectivity index (χ0) is 13.2. The van der Waals surface area contributed by atoms with Gasteiger partial charge >= 0.3 is 0 Å². The molecule has 0 spiro atoms. The summed E-state index contributed by atoms with van der Waals surface area (Å²) in [5.74, 6) is 2.52. The molecule has 0 aliphatic rings. The number of amides is 1. The second kappa shape index (κ2) is 8.32. The third-order valence-corrected chi connectivity index (χ3v) is 2.61. The fourth-order valence-corrected chi connectivity index (χ4v) is 1.66. The van der Waals surface area contributed by atoms with Gasteiger partial charge in [0.15, 0.2) is 0 Å². The van der Waals surface area contributed by atoms with Crippen molar-refractivity contribution in [1.82, 2.24) is 5.32 Å². The van der Waals surface area contributed by atoms with Crippen LogP contribution in [0.3, 0.4) is 0 Å². The van der Waals surface area contributed by atoms with Crippen molar-refractivity contribution in [2.75, 3.05) is 24.5 Å². The molecule has 18 heavy (non-hydrogen) atoms. The van der Waals surface area contributed by atoms with Crippen molar-refractivity contribution in [3.8, 4) is 12.3 Å². The maximum absolute atomic E-state index is 12.1. The lowest BCUT2D eigenvalue weighted by Crippen LogP contribution is -2.39. The summed E-state index contributed by atoms with van der Waals surface area (Å²) in [5, 5.41) is 2.93. The highest BCUT2D eigenvalue weighted by molar-refractivity contribution is 5.94. The molecule has 0 saturated carbocycles. The number of anilines is 1. The summed E-state index contributed by atoms with van der Waals surface area (Å²) in [4.78, 5) is 13.9. The first-order valence-corrected chi connectivity index (χ1v) is 6.29. The van der Waals surface area contributed by atoms with Gasteiger partial charge in [-0.2, -0.15) is 0 Å². The maximum Gasteiger partial charge on any atom is 0.240 e. The normalized spacial score (nSPS) is 9.78. The topological polar surface area (TPSA) is 32.3 Å². The van der Waals surface area contributed by atoms with E-state index in [9.17, 15) is 4.79 Å². The molecule has 0 atom stereocenters. The van der Waals surface area contributed by atoms with Gasteiger partial charge in [0.25, 0.3) is 0 Å². The van der Waals surface area contributed by atoms with Crippen molar-refractivity contribution in [2.24, 2.45) is 0 Å². The van der Waals surface area contributed by atoms with E-state index in [1.54, 1.807) is 0 Å². The van der Waals surface area contributed by atoms with E-state index in [1.807, 2.05) is 35.2 Å². The molecule has 0 aliphatic carbocycles. The molecule has 1 rings (SSSR count). The molecule has 1 aromatic carbocycles. The van der Waals surface area contributed by atoms with Crippen LogP contribution in [-0.4, -0.2) is 25.5 Å². The molecule has 96 valence electrons. The summed E-state index contributed by atoms with van der Waals surface area (Å²) in [6.45, 7) is 3.56. The minimum Gasteiger partial charge on any atom is -0.311 e. The van der Waals surface area contributed by atoms with Crippen molar-refractivity contribution >= 4 is 11.6 Å². The molecule has 1 amide bonds. The average molecular weight is 244 g/mol. The summed E-state index contributed by atoms with van der Waals surface area (Å²) in [7, 11) is 0. The lowest BCUT2D eigenvalue weighted by atomic mass is 10.2. The van der Waals surface area contributed by atoms with E-state index in [-0.39, 0.29) is 12.5 Å². The van der Waals surface area contributed by atoms with Crippen LogP contribution >= 0.6 is 0 Å². The van der Waals surface area contributed by atoms with Gasteiger partial charge < -0.3 is 4.90 Å². The Balaban J connectivity index is 2.66. The smallest absolute Gasteiger partial charge is 0.240 e. The van der Waals surface area contributed by atoms with Crippen molar-refractivity contribution in [3.63, 3.8) is 0 Å². The van der Waals surface area contributed by atoms with Gasteiger partial charge in [0.1, 0.15) is 0 Å². The molecule has 0 saturated heterocycles. The largest absolute Gasteiger partial charge is 0.311 e. The Morgan fingerprint density at radius 2 is 2.11 bits per heavy atom. The number of hydrogen-bond donors (Lipinski definition) is 1. The second-order valence-electron chi connectivity index (χ2n) is 4.04. The third-order valence-electron chi connectivity index (χ3n) is 2.61. The van der Waals surface area contributed by atoms with Crippen LogP contribution in [0.4, 0.5) is 5.69 Å². The minimum atomic E-state index is 0.0601. The maximum atomic E-state index is 12.1. The zero-order valence-corrected chi connectivity index (χ0v) is 10.9. The van der Waals surface area contributed by atoms with E-state index in [2.05, 4.69) is 18.2 Å². The van der Waals surface area contributed by atoms with Gasteiger partial charge in [-0.3, -0.25) is 10.1 Å². The molecular weight excluding hydrogens is 224 g/mol. The average Bonchev–Trinajstić information content (AvgIpc) is 2.41. The van der Waals surface area contributed by atoms with Gasteiger partial charge in [0.05, 0.1) is 13.1 Å². The van der Waals surface area contributed by atoms with Gasteiger partial charge in [-0.1, -0.05) is 37.5 Å². The van der Waals surface area contributed by atoms with Crippen LogP contribution < -0.4 is 10.2 Å². The van der Waals surface area contributed by atoms with E-state index in [0.29, 0.717) is 6.54 Å². The Morgan fingerprint density at radius 3 is 2.72 bits per heavy atom. The van der Waals surface area contributed by atoms with Crippen LogP contribution in [0, 0.1) is 12.3 Å².